The van der Waals surface area contributed by atoms with E-state index in [4.69, 9.17) is 11.6 Å². The molecule has 0 saturated carbocycles. The molecular weight excluding hydrogens is 328 g/mol. The molecule has 1 aromatic carbocycles. The van der Waals surface area contributed by atoms with E-state index in [0.29, 0.717) is 29.2 Å². The number of amides is 1. The average Bonchev–Trinajstić information content (AvgIpc) is 3.17. The molecule has 0 aliphatic carbocycles. The van der Waals surface area contributed by atoms with Gasteiger partial charge in [-0.25, -0.2) is 4.68 Å². The van der Waals surface area contributed by atoms with Crippen LogP contribution in [-0.4, -0.2) is 44.0 Å². The fourth-order valence-electron chi connectivity index (χ4n) is 2.91. The summed E-state index contributed by atoms with van der Waals surface area (Å²) in [6.07, 6.45) is 2.19. The fraction of sp³-hybridized carbons (Fsp3) is 0.471. The SMILES string of the molecule is Cc1ccc(Cl)cc1C(=O)N1CC[C@@](O)(c2cn(C(C)C)nn2)C1. The number of rotatable bonds is 3. The summed E-state index contributed by atoms with van der Waals surface area (Å²) in [6, 6.07) is 5.43. The van der Waals surface area contributed by atoms with Crippen LogP contribution >= 0.6 is 11.6 Å². The lowest BCUT2D eigenvalue weighted by Gasteiger charge is -2.21. The van der Waals surface area contributed by atoms with Crippen molar-refractivity contribution in [3.05, 3.63) is 46.2 Å². The third kappa shape index (κ3) is 3.03. The lowest BCUT2D eigenvalue weighted by molar-refractivity contribution is 0.0381. The van der Waals surface area contributed by atoms with E-state index in [2.05, 4.69) is 10.3 Å². The molecule has 2 heterocycles. The highest BCUT2D eigenvalue weighted by Crippen LogP contribution is 2.32. The molecule has 1 fully saturated rings. The summed E-state index contributed by atoms with van der Waals surface area (Å²) >= 11 is 6.01. The third-order valence-corrected chi connectivity index (χ3v) is 4.72. The third-order valence-electron chi connectivity index (χ3n) is 4.48. The molecule has 2 aromatic rings. The van der Waals surface area contributed by atoms with Crippen molar-refractivity contribution in [2.45, 2.75) is 38.8 Å². The summed E-state index contributed by atoms with van der Waals surface area (Å²) in [5, 5.41) is 19.6. The van der Waals surface area contributed by atoms with Crippen molar-refractivity contribution in [3.63, 3.8) is 0 Å². The van der Waals surface area contributed by atoms with E-state index in [1.165, 1.54) is 0 Å². The van der Waals surface area contributed by atoms with Crippen LogP contribution in [-0.2, 0) is 5.60 Å². The van der Waals surface area contributed by atoms with Crippen LogP contribution in [0.5, 0.6) is 0 Å². The first kappa shape index (κ1) is 16.9. The van der Waals surface area contributed by atoms with Crippen molar-refractivity contribution in [1.82, 2.24) is 19.9 Å². The van der Waals surface area contributed by atoms with Gasteiger partial charge in [0.2, 0.25) is 0 Å². The summed E-state index contributed by atoms with van der Waals surface area (Å²) in [5.74, 6) is -0.123. The standard InChI is InChI=1S/C17H21ClN4O2/c1-11(2)22-9-15(19-20-22)17(24)6-7-21(10-17)16(23)14-8-13(18)5-4-12(14)3/h4-5,8-9,11,24H,6-7,10H2,1-3H3/t17-/m0/s1. The van der Waals surface area contributed by atoms with E-state index in [0.717, 1.165) is 5.56 Å². The van der Waals surface area contributed by atoms with Crippen LogP contribution in [0.2, 0.25) is 5.02 Å². The Morgan fingerprint density at radius 1 is 1.42 bits per heavy atom. The molecule has 3 rings (SSSR count). The Kier molecular flexibility index (Phi) is 4.36. The number of hydrogen-bond acceptors (Lipinski definition) is 4. The number of carbonyl (C=O) groups is 1. The van der Waals surface area contributed by atoms with Crippen LogP contribution < -0.4 is 0 Å². The van der Waals surface area contributed by atoms with Gasteiger partial charge in [-0.15, -0.1) is 5.10 Å². The van der Waals surface area contributed by atoms with Gasteiger partial charge in [-0.05, 0) is 38.5 Å². The van der Waals surface area contributed by atoms with Gasteiger partial charge in [0.05, 0.1) is 12.7 Å². The van der Waals surface area contributed by atoms with Crippen LogP contribution in [0.25, 0.3) is 0 Å². The van der Waals surface area contributed by atoms with Crippen LogP contribution in [0.4, 0.5) is 0 Å². The molecule has 1 saturated heterocycles. The van der Waals surface area contributed by atoms with Gasteiger partial charge in [0.25, 0.3) is 5.91 Å². The smallest absolute Gasteiger partial charge is 0.254 e. The molecule has 1 atom stereocenters. The number of aromatic nitrogens is 3. The predicted octanol–water partition coefficient (Wildman–Crippen LogP) is 2.55. The molecule has 1 aliphatic heterocycles. The van der Waals surface area contributed by atoms with Gasteiger partial charge < -0.3 is 10.0 Å². The van der Waals surface area contributed by atoms with Gasteiger partial charge in [0, 0.05) is 29.6 Å². The van der Waals surface area contributed by atoms with E-state index in [1.807, 2.05) is 26.8 Å². The quantitative estimate of drug-likeness (QED) is 0.925. The zero-order valence-corrected chi connectivity index (χ0v) is 14.8. The zero-order valence-electron chi connectivity index (χ0n) is 14.0. The van der Waals surface area contributed by atoms with E-state index < -0.39 is 5.60 Å². The number of nitrogens with zero attached hydrogens (tertiary/aromatic N) is 4. The molecule has 0 unspecified atom stereocenters. The molecule has 6 nitrogen and oxygen atoms in total. The van der Waals surface area contributed by atoms with Crippen LogP contribution in [0.1, 0.15) is 47.9 Å². The van der Waals surface area contributed by atoms with E-state index >= 15 is 0 Å². The highest BCUT2D eigenvalue weighted by Gasteiger charge is 2.42. The fourth-order valence-corrected chi connectivity index (χ4v) is 3.09. The average molecular weight is 349 g/mol. The number of likely N-dealkylation sites (tertiary alicyclic amines) is 1. The normalized spacial score (nSPS) is 20.8. The molecular formula is C17H21ClN4O2. The maximum absolute atomic E-state index is 12.8. The first-order valence-corrected chi connectivity index (χ1v) is 8.38. The summed E-state index contributed by atoms with van der Waals surface area (Å²) in [6.45, 7) is 6.54. The highest BCUT2D eigenvalue weighted by molar-refractivity contribution is 6.31. The Bertz CT molecular complexity index is 774. The largest absolute Gasteiger partial charge is 0.381 e. The summed E-state index contributed by atoms with van der Waals surface area (Å²) in [4.78, 5) is 14.4. The monoisotopic (exact) mass is 348 g/mol. The first-order chi connectivity index (χ1) is 11.3. The summed E-state index contributed by atoms with van der Waals surface area (Å²) < 4.78 is 1.71. The maximum Gasteiger partial charge on any atom is 0.254 e. The minimum Gasteiger partial charge on any atom is -0.381 e. The molecule has 1 N–H and O–H groups in total. The molecule has 0 radical (unpaired) electrons. The Balaban J connectivity index is 1.81. The van der Waals surface area contributed by atoms with Crippen molar-refractivity contribution in [2.75, 3.05) is 13.1 Å². The second-order valence-electron chi connectivity index (χ2n) is 6.65. The Hall–Kier alpha value is -1.92. The first-order valence-electron chi connectivity index (χ1n) is 8.00. The van der Waals surface area contributed by atoms with Crippen molar-refractivity contribution >= 4 is 17.5 Å². The number of aliphatic hydroxyl groups is 1. The molecule has 1 amide bonds. The number of halogens is 1. The van der Waals surface area contributed by atoms with Gasteiger partial charge >= 0.3 is 0 Å². The number of carbonyl (C=O) groups excluding carboxylic acids is 1. The number of aryl methyl sites for hydroxylation is 1. The predicted molar refractivity (Wildman–Crippen MR) is 91.0 cm³/mol. The summed E-state index contributed by atoms with van der Waals surface area (Å²) in [7, 11) is 0. The van der Waals surface area contributed by atoms with Gasteiger partial charge in [-0.3, -0.25) is 4.79 Å². The molecule has 128 valence electrons. The molecule has 7 heteroatoms. The van der Waals surface area contributed by atoms with Crippen LogP contribution in [0.3, 0.4) is 0 Å². The van der Waals surface area contributed by atoms with Crippen LogP contribution in [0.15, 0.2) is 24.4 Å². The van der Waals surface area contributed by atoms with E-state index in [1.54, 1.807) is 27.9 Å². The highest BCUT2D eigenvalue weighted by atomic mass is 35.5. The van der Waals surface area contributed by atoms with Crippen molar-refractivity contribution in [2.24, 2.45) is 0 Å². The molecule has 1 aliphatic rings. The molecule has 1 aromatic heterocycles. The lowest BCUT2D eigenvalue weighted by Crippen LogP contribution is -2.35. The number of benzene rings is 1. The van der Waals surface area contributed by atoms with Crippen molar-refractivity contribution in [3.8, 4) is 0 Å². The minimum absolute atomic E-state index is 0.123. The van der Waals surface area contributed by atoms with Crippen molar-refractivity contribution in [1.29, 1.82) is 0 Å². The van der Waals surface area contributed by atoms with Crippen LogP contribution in [0, 0.1) is 6.92 Å². The topological polar surface area (TPSA) is 71.2 Å². The second-order valence-corrected chi connectivity index (χ2v) is 7.08. The summed E-state index contributed by atoms with van der Waals surface area (Å²) in [5.41, 5.74) is 0.785. The van der Waals surface area contributed by atoms with Gasteiger partial charge in [0.1, 0.15) is 11.3 Å². The molecule has 0 spiro atoms. The Labute approximate surface area is 146 Å². The minimum atomic E-state index is -1.16. The molecule has 24 heavy (non-hydrogen) atoms. The van der Waals surface area contributed by atoms with Gasteiger partial charge in [0.15, 0.2) is 0 Å². The Morgan fingerprint density at radius 2 is 2.17 bits per heavy atom. The van der Waals surface area contributed by atoms with Gasteiger partial charge in [-0.1, -0.05) is 22.9 Å². The maximum atomic E-state index is 12.8. The molecule has 0 bridgehead atoms. The van der Waals surface area contributed by atoms with Gasteiger partial charge in [-0.2, -0.15) is 0 Å². The lowest BCUT2D eigenvalue weighted by atomic mass is 10.00. The van der Waals surface area contributed by atoms with E-state index in [9.17, 15) is 9.90 Å². The number of β-amino-alcohol motifs (C(OH)–C–C–N with tert-alkyl or cyclic N) is 1. The Morgan fingerprint density at radius 3 is 2.83 bits per heavy atom. The number of hydrogen-bond donors (Lipinski definition) is 1. The van der Waals surface area contributed by atoms with E-state index in [-0.39, 0.29) is 18.5 Å². The zero-order chi connectivity index (χ0) is 17.5. The van der Waals surface area contributed by atoms with Crippen molar-refractivity contribution < 1.29 is 9.90 Å². The second kappa shape index (κ2) is 6.18.